The van der Waals surface area contributed by atoms with Crippen molar-refractivity contribution >= 4 is 22.3 Å². The first-order chi connectivity index (χ1) is 6.22. The molecule has 1 heterocycles. The van der Waals surface area contributed by atoms with Gasteiger partial charge in [-0.3, -0.25) is 0 Å². The molecule has 1 aromatic heterocycles. The number of thiazole rings is 1. The summed E-state index contributed by atoms with van der Waals surface area (Å²) in [5.74, 6) is 0.928. The maximum atomic E-state index is 4.30. The zero-order valence-corrected chi connectivity index (χ0v) is 9.11. The van der Waals surface area contributed by atoms with E-state index < -0.39 is 0 Å². The first kappa shape index (κ1) is 10.3. The Morgan fingerprint density at radius 2 is 2.31 bits per heavy atom. The molecule has 0 saturated carbocycles. The highest BCUT2D eigenvalue weighted by atomic mass is 32.1. The fraction of sp³-hybridized carbons (Fsp3) is 0.625. The summed E-state index contributed by atoms with van der Waals surface area (Å²) in [5.41, 5.74) is 0. The van der Waals surface area contributed by atoms with Crippen molar-refractivity contribution in [2.45, 2.75) is 0 Å². The summed E-state index contributed by atoms with van der Waals surface area (Å²) in [5, 5.41) is 9.23. The minimum absolute atomic E-state index is 0.928. The number of nitrogens with zero attached hydrogens (tertiary/aromatic N) is 2. The lowest BCUT2D eigenvalue weighted by atomic mass is 10.6. The highest BCUT2D eigenvalue weighted by molar-refractivity contribution is 7.14. The summed E-state index contributed by atoms with van der Waals surface area (Å²) in [4.78, 5) is 6.44. The minimum Gasteiger partial charge on any atom is -0.372 e. The summed E-state index contributed by atoms with van der Waals surface area (Å²) < 4.78 is 0. The molecule has 0 aliphatic rings. The molecule has 0 spiro atoms. The number of anilines is 2. The molecule has 0 amide bonds. The van der Waals surface area contributed by atoms with Crippen LogP contribution in [0.2, 0.25) is 0 Å². The zero-order chi connectivity index (χ0) is 9.68. The van der Waals surface area contributed by atoms with Crippen molar-refractivity contribution in [2.24, 2.45) is 0 Å². The molecule has 0 aromatic carbocycles. The van der Waals surface area contributed by atoms with Crippen LogP contribution in [0.1, 0.15) is 0 Å². The van der Waals surface area contributed by atoms with E-state index in [-0.39, 0.29) is 0 Å². The van der Waals surface area contributed by atoms with Crippen LogP contribution in [0.25, 0.3) is 0 Å². The van der Waals surface area contributed by atoms with Crippen molar-refractivity contribution in [3.63, 3.8) is 0 Å². The molecule has 4 nitrogen and oxygen atoms in total. The molecule has 0 aliphatic heterocycles. The topological polar surface area (TPSA) is 40.2 Å². The Morgan fingerprint density at radius 1 is 1.54 bits per heavy atom. The Morgan fingerprint density at radius 3 is 2.85 bits per heavy atom. The van der Waals surface area contributed by atoms with E-state index in [1.165, 1.54) is 0 Å². The number of hydrogen-bond donors (Lipinski definition) is 2. The summed E-state index contributed by atoms with van der Waals surface area (Å²) in [6.07, 6.45) is 0. The molecule has 1 aromatic rings. The van der Waals surface area contributed by atoms with Gasteiger partial charge in [-0.1, -0.05) is 0 Å². The molecule has 0 unspecified atom stereocenters. The summed E-state index contributed by atoms with van der Waals surface area (Å²) in [6, 6.07) is 0. The summed E-state index contributed by atoms with van der Waals surface area (Å²) in [6.45, 7) is 1.96. The normalized spacial score (nSPS) is 10.5. The van der Waals surface area contributed by atoms with E-state index in [2.05, 4.69) is 34.6 Å². The van der Waals surface area contributed by atoms with E-state index in [0.717, 1.165) is 24.0 Å². The van der Waals surface area contributed by atoms with Crippen molar-refractivity contribution in [3.8, 4) is 0 Å². The van der Waals surface area contributed by atoms with E-state index >= 15 is 0 Å². The van der Waals surface area contributed by atoms with E-state index in [0.29, 0.717) is 0 Å². The van der Waals surface area contributed by atoms with Gasteiger partial charge in [0.05, 0.1) is 0 Å². The Hall–Kier alpha value is -0.810. The highest BCUT2D eigenvalue weighted by Crippen LogP contribution is 2.17. The van der Waals surface area contributed by atoms with Gasteiger partial charge in [-0.25, -0.2) is 4.98 Å². The van der Waals surface area contributed by atoms with Crippen LogP contribution < -0.4 is 10.6 Å². The fourth-order valence-electron chi connectivity index (χ4n) is 0.856. The quantitative estimate of drug-likeness (QED) is 0.748. The third-order valence-electron chi connectivity index (χ3n) is 1.60. The average Bonchev–Trinajstić information content (AvgIpc) is 2.52. The first-order valence-corrected chi connectivity index (χ1v) is 5.12. The van der Waals surface area contributed by atoms with Crippen LogP contribution in [-0.2, 0) is 0 Å². The van der Waals surface area contributed by atoms with Gasteiger partial charge in [0.15, 0.2) is 5.13 Å². The number of rotatable bonds is 5. The zero-order valence-electron chi connectivity index (χ0n) is 8.29. The minimum atomic E-state index is 0.928. The van der Waals surface area contributed by atoms with Gasteiger partial charge in [0, 0.05) is 25.5 Å². The van der Waals surface area contributed by atoms with Crippen molar-refractivity contribution < 1.29 is 0 Å². The van der Waals surface area contributed by atoms with E-state index in [9.17, 15) is 0 Å². The van der Waals surface area contributed by atoms with Crippen LogP contribution in [0.15, 0.2) is 5.38 Å². The Bertz CT molecular complexity index is 246. The van der Waals surface area contributed by atoms with E-state index in [1.54, 1.807) is 11.3 Å². The maximum absolute atomic E-state index is 4.30. The van der Waals surface area contributed by atoms with Gasteiger partial charge in [-0.2, -0.15) is 0 Å². The van der Waals surface area contributed by atoms with Gasteiger partial charge in [0.25, 0.3) is 0 Å². The smallest absolute Gasteiger partial charge is 0.184 e. The van der Waals surface area contributed by atoms with Crippen LogP contribution in [0, 0.1) is 0 Å². The third-order valence-corrected chi connectivity index (χ3v) is 2.40. The molecule has 0 fully saturated rings. The van der Waals surface area contributed by atoms with Crippen molar-refractivity contribution in [1.29, 1.82) is 0 Å². The number of likely N-dealkylation sites (N-methyl/N-ethyl adjacent to an activating group) is 1. The third kappa shape index (κ3) is 3.61. The predicted molar refractivity (Wildman–Crippen MR) is 58.7 cm³/mol. The van der Waals surface area contributed by atoms with Gasteiger partial charge in [0.1, 0.15) is 5.82 Å². The molecule has 0 aliphatic carbocycles. The van der Waals surface area contributed by atoms with Gasteiger partial charge in [-0.05, 0) is 14.1 Å². The SMILES string of the molecule is CNc1csc(NCCN(C)C)n1. The van der Waals surface area contributed by atoms with Gasteiger partial charge in [-0.15, -0.1) is 11.3 Å². The Balaban J connectivity index is 2.28. The van der Waals surface area contributed by atoms with Crippen LogP contribution in [0.4, 0.5) is 10.9 Å². The Labute approximate surface area is 83.0 Å². The van der Waals surface area contributed by atoms with Gasteiger partial charge < -0.3 is 15.5 Å². The molecule has 1 rings (SSSR count). The van der Waals surface area contributed by atoms with Crippen molar-refractivity contribution in [3.05, 3.63) is 5.38 Å². The van der Waals surface area contributed by atoms with E-state index in [4.69, 9.17) is 0 Å². The largest absolute Gasteiger partial charge is 0.372 e. The standard InChI is InChI=1S/C8H16N4S/c1-9-7-6-13-8(11-7)10-4-5-12(2)3/h6,9H,4-5H2,1-3H3,(H,10,11). The summed E-state index contributed by atoms with van der Waals surface area (Å²) >= 11 is 1.62. The number of hydrogen-bond acceptors (Lipinski definition) is 5. The molecule has 13 heavy (non-hydrogen) atoms. The van der Waals surface area contributed by atoms with E-state index in [1.807, 2.05) is 12.4 Å². The molecule has 2 N–H and O–H groups in total. The number of aromatic nitrogens is 1. The molecule has 0 bridgehead atoms. The molecule has 0 atom stereocenters. The van der Waals surface area contributed by atoms with Gasteiger partial charge in [0.2, 0.25) is 0 Å². The lowest BCUT2D eigenvalue weighted by molar-refractivity contribution is 0.425. The average molecular weight is 200 g/mol. The number of nitrogens with one attached hydrogen (secondary N) is 2. The molecule has 74 valence electrons. The molecule has 0 radical (unpaired) electrons. The lowest BCUT2D eigenvalue weighted by Crippen LogP contribution is -2.20. The fourth-order valence-corrected chi connectivity index (χ4v) is 1.59. The monoisotopic (exact) mass is 200 g/mol. The lowest BCUT2D eigenvalue weighted by Gasteiger charge is -2.08. The first-order valence-electron chi connectivity index (χ1n) is 4.24. The van der Waals surface area contributed by atoms with Crippen LogP contribution >= 0.6 is 11.3 Å². The van der Waals surface area contributed by atoms with Crippen molar-refractivity contribution in [2.75, 3.05) is 44.9 Å². The molecular weight excluding hydrogens is 184 g/mol. The van der Waals surface area contributed by atoms with Crippen LogP contribution in [0.5, 0.6) is 0 Å². The highest BCUT2D eigenvalue weighted by Gasteiger charge is 1.98. The summed E-state index contributed by atoms with van der Waals surface area (Å²) in [7, 11) is 5.99. The second kappa shape index (κ2) is 5.04. The molecule has 0 saturated heterocycles. The van der Waals surface area contributed by atoms with Crippen molar-refractivity contribution in [1.82, 2.24) is 9.88 Å². The molecule has 5 heteroatoms. The van der Waals surface area contributed by atoms with Crippen LogP contribution in [0.3, 0.4) is 0 Å². The second-order valence-corrected chi connectivity index (χ2v) is 3.88. The Kier molecular flexibility index (Phi) is 3.98. The molecular formula is C8H16N4S. The predicted octanol–water partition coefficient (Wildman–Crippen LogP) is 1.16. The van der Waals surface area contributed by atoms with Crippen LogP contribution in [-0.4, -0.2) is 44.1 Å². The van der Waals surface area contributed by atoms with Gasteiger partial charge >= 0.3 is 0 Å². The second-order valence-electron chi connectivity index (χ2n) is 3.02. The maximum Gasteiger partial charge on any atom is 0.184 e.